The molecule has 1 heterocycles. The highest BCUT2D eigenvalue weighted by Crippen LogP contribution is 2.22. The molecule has 5 heteroatoms. The average molecular weight is 293 g/mol. The summed E-state index contributed by atoms with van der Waals surface area (Å²) in [6, 6.07) is 18.6. The summed E-state index contributed by atoms with van der Waals surface area (Å²) < 4.78 is 5.70. The molecule has 3 rings (SSSR count). The van der Waals surface area contributed by atoms with Gasteiger partial charge in [-0.3, -0.25) is 9.89 Å². The van der Waals surface area contributed by atoms with Crippen molar-refractivity contribution in [2.24, 2.45) is 0 Å². The Morgan fingerprint density at radius 2 is 1.73 bits per heavy atom. The summed E-state index contributed by atoms with van der Waals surface area (Å²) >= 11 is 0. The van der Waals surface area contributed by atoms with Gasteiger partial charge >= 0.3 is 0 Å². The molecule has 0 radical (unpaired) electrons. The SMILES string of the molecule is O=C(Cc1ccn[nH]1)Nc1ccc(Oc2ccccc2)cc1. The fraction of sp³-hybridized carbons (Fsp3) is 0.0588. The molecular weight excluding hydrogens is 278 g/mol. The molecule has 0 bridgehead atoms. The van der Waals surface area contributed by atoms with Crippen LogP contribution in [0.4, 0.5) is 5.69 Å². The van der Waals surface area contributed by atoms with Crippen LogP contribution in [0, 0.1) is 0 Å². The number of amides is 1. The second kappa shape index (κ2) is 6.58. The Morgan fingerprint density at radius 3 is 2.41 bits per heavy atom. The van der Waals surface area contributed by atoms with Gasteiger partial charge in [0.2, 0.25) is 5.91 Å². The molecule has 0 atom stereocenters. The van der Waals surface area contributed by atoms with Crippen molar-refractivity contribution < 1.29 is 9.53 Å². The third kappa shape index (κ3) is 3.73. The highest BCUT2D eigenvalue weighted by Gasteiger charge is 2.05. The number of hydrogen-bond donors (Lipinski definition) is 2. The number of nitrogens with zero attached hydrogens (tertiary/aromatic N) is 1. The topological polar surface area (TPSA) is 67.0 Å². The van der Waals surface area contributed by atoms with Crippen molar-refractivity contribution in [3.8, 4) is 11.5 Å². The van der Waals surface area contributed by atoms with Gasteiger partial charge in [-0.15, -0.1) is 0 Å². The number of anilines is 1. The molecule has 1 amide bonds. The van der Waals surface area contributed by atoms with E-state index in [1.165, 1.54) is 0 Å². The average Bonchev–Trinajstić information content (AvgIpc) is 3.03. The molecule has 1 aromatic heterocycles. The molecule has 0 saturated carbocycles. The van der Waals surface area contributed by atoms with Gasteiger partial charge in [0.05, 0.1) is 6.42 Å². The summed E-state index contributed by atoms with van der Waals surface area (Å²) in [6.45, 7) is 0. The normalized spacial score (nSPS) is 10.2. The Balaban J connectivity index is 1.58. The summed E-state index contributed by atoms with van der Waals surface area (Å²) in [5.41, 5.74) is 1.51. The maximum atomic E-state index is 11.9. The molecule has 0 spiro atoms. The van der Waals surface area contributed by atoms with Gasteiger partial charge in [-0.1, -0.05) is 18.2 Å². The van der Waals surface area contributed by atoms with E-state index in [-0.39, 0.29) is 12.3 Å². The van der Waals surface area contributed by atoms with E-state index >= 15 is 0 Å². The monoisotopic (exact) mass is 293 g/mol. The Morgan fingerprint density at radius 1 is 1.00 bits per heavy atom. The standard InChI is InChI=1S/C17H15N3O2/c21-17(12-14-10-11-18-20-14)19-13-6-8-16(9-7-13)22-15-4-2-1-3-5-15/h1-11H,12H2,(H,18,20)(H,19,21). The summed E-state index contributed by atoms with van der Waals surface area (Å²) in [7, 11) is 0. The first-order valence-electron chi connectivity index (χ1n) is 6.91. The summed E-state index contributed by atoms with van der Waals surface area (Å²) in [6.07, 6.45) is 1.89. The lowest BCUT2D eigenvalue weighted by atomic mass is 10.2. The predicted octanol–water partition coefficient (Wildman–Crippen LogP) is 3.38. The van der Waals surface area contributed by atoms with E-state index in [4.69, 9.17) is 4.74 Å². The van der Waals surface area contributed by atoms with Crippen molar-refractivity contribution in [3.63, 3.8) is 0 Å². The maximum absolute atomic E-state index is 11.9. The van der Waals surface area contributed by atoms with Gasteiger partial charge in [0.1, 0.15) is 11.5 Å². The molecular formula is C17H15N3O2. The molecule has 2 N–H and O–H groups in total. The van der Waals surface area contributed by atoms with E-state index in [1.807, 2.05) is 54.6 Å². The maximum Gasteiger partial charge on any atom is 0.230 e. The first-order chi connectivity index (χ1) is 10.8. The van der Waals surface area contributed by atoms with Crippen molar-refractivity contribution in [1.82, 2.24) is 10.2 Å². The molecule has 0 saturated heterocycles. The van der Waals surface area contributed by atoms with Gasteiger partial charge in [0, 0.05) is 17.6 Å². The zero-order valence-electron chi connectivity index (χ0n) is 11.8. The van der Waals surface area contributed by atoms with E-state index in [9.17, 15) is 4.79 Å². The van der Waals surface area contributed by atoms with Crippen LogP contribution in [0.3, 0.4) is 0 Å². The third-order valence-corrected chi connectivity index (χ3v) is 3.03. The van der Waals surface area contributed by atoms with Gasteiger partial charge in [-0.2, -0.15) is 5.10 Å². The summed E-state index contributed by atoms with van der Waals surface area (Å²) in [5, 5.41) is 9.40. The van der Waals surface area contributed by atoms with Crippen LogP contribution in [0.1, 0.15) is 5.69 Å². The molecule has 0 unspecified atom stereocenters. The van der Waals surface area contributed by atoms with Gasteiger partial charge in [0.15, 0.2) is 0 Å². The second-order valence-corrected chi connectivity index (χ2v) is 4.75. The highest BCUT2D eigenvalue weighted by molar-refractivity contribution is 5.92. The number of carbonyl (C=O) groups excluding carboxylic acids is 1. The smallest absolute Gasteiger partial charge is 0.230 e. The van der Waals surface area contributed by atoms with E-state index in [0.717, 1.165) is 22.9 Å². The van der Waals surface area contributed by atoms with Crippen LogP contribution in [0.15, 0.2) is 66.9 Å². The van der Waals surface area contributed by atoms with E-state index in [2.05, 4.69) is 15.5 Å². The molecule has 0 aliphatic rings. The van der Waals surface area contributed by atoms with Crippen LogP contribution in [0.25, 0.3) is 0 Å². The fourth-order valence-electron chi connectivity index (χ4n) is 1.99. The number of nitrogens with one attached hydrogen (secondary N) is 2. The number of ether oxygens (including phenoxy) is 1. The van der Waals surface area contributed by atoms with E-state index < -0.39 is 0 Å². The second-order valence-electron chi connectivity index (χ2n) is 4.75. The van der Waals surface area contributed by atoms with Crippen molar-refractivity contribution in [2.75, 3.05) is 5.32 Å². The summed E-state index contributed by atoms with van der Waals surface area (Å²) in [4.78, 5) is 11.9. The molecule has 0 aliphatic carbocycles. The lowest BCUT2D eigenvalue weighted by molar-refractivity contribution is -0.115. The number of carbonyl (C=O) groups is 1. The van der Waals surface area contributed by atoms with Gasteiger partial charge in [-0.05, 0) is 42.5 Å². The highest BCUT2D eigenvalue weighted by atomic mass is 16.5. The zero-order chi connectivity index (χ0) is 15.2. The van der Waals surface area contributed by atoms with Crippen LogP contribution < -0.4 is 10.1 Å². The number of rotatable bonds is 5. The van der Waals surface area contributed by atoms with Crippen LogP contribution in [0.2, 0.25) is 0 Å². The fourth-order valence-corrected chi connectivity index (χ4v) is 1.99. The largest absolute Gasteiger partial charge is 0.457 e. The van der Waals surface area contributed by atoms with Crippen LogP contribution >= 0.6 is 0 Å². The van der Waals surface area contributed by atoms with E-state index in [0.29, 0.717) is 0 Å². The number of benzene rings is 2. The Kier molecular flexibility index (Phi) is 4.15. The lowest BCUT2D eigenvalue weighted by Crippen LogP contribution is -2.14. The molecule has 22 heavy (non-hydrogen) atoms. The number of H-pyrrole nitrogens is 1. The van der Waals surface area contributed by atoms with Crippen molar-refractivity contribution in [2.45, 2.75) is 6.42 Å². The van der Waals surface area contributed by atoms with Crippen LogP contribution in [-0.2, 0) is 11.2 Å². The van der Waals surface area contributed by atoms with Gasteiger partial charge in [0.25, 0.3) is 0 Å². The molecule has 0 fully saturated rings. The van der Waals surface area contributed by atoms with Gasteiger partial charge < -0.3 is 10.1 Å². The number of aromatic amines is 1. The Labute approximate surface area is 127 Å². The molecule has 3 aromatic rings. The molecule has 110 valence electrons. The van der Waals surface area contributed by atoms with Crippen molar-refractivity contribution >= 4 is 11.6 Å². The molecule has 2 aromatic carbocycles. The number of aromatic nitrogens is 2. The zero-order valence-corrected chi connectivity index (χ0v) is 11.8. The van der Waals surface area contributed by atoms with Crippen molar-refractivity contribution in [3.05, 3.63) is 72.6 Å². The Bertz CT molecular complexity index is 722. The van der Waals surface area contributed by atoms with Gasteiger partial charge in [-0.25, -0.2) is 0 Å². The number of hydrogen-bond acceptors (Lipinski definition) is 3. The minimum atomic E-state index is -0.0963. The predicted molar refractivity (Wildman–Crippen MR) is 83.9 cm³/mol. The Hall–Kier alpha value is -3.08. The quantitative estimate of drug-likeness (QED) is 0.757. The first kappa shape index (κ1) is 13.9. The van der Waals surface area contributed by atoms with Crippen LogP contribution in [-0.4, -0.2) is 16.1 Å². The minimum absolute atomic E-state index is 0.0963. The third-order valence-electron chi connectivity index (χ3n) is 3.03. The minimum Gasteiger partial charge on any atom is -0.457 e. The van der Waals surface area contributed by atoms with Crippen molar-refractivity contribution in [1.29, 1.82) is 0 Å². The molecule has 5 nitrogen and oxygen atoms in total. The molecule has 0 aliphatic heterocycles. The number of para-hydroxylation sites is 1. The van der Waals surface area contributed by atoms with E-state index in [1.54, 1.807) is 12.3 Å². The summed E-state index contributed by atoms with van der Waals surface area (Å²) in [5.74, 6) is 1.40. The van der Waals surface area contributed by atoms with Crippen LogP contribution in [0.5, 0.6) is 11.5 Å². The lowest BCUT2D eigenvalue weighted by Gasteiger charge is -2.07. The first-order valence-corrected chi connectivity index (χ1v) is 6.91.